The fourth-order valence-electron chi connectivity index (χ4n) is 2.44. The molecule has 0 aliphatic rings. The Kier molecular flexibility index (Phi) is 7.87. The van der Waals surface area contributed by atoms with Gasteiger partial charge in [-0.15, -0.1) is 11.3 Å². The van der Waals surface area contributed by atoms with Crippen LogP contribution in [0, 0.1) is 6.92 Å². The molecule has 5 heteroatoms. The van der Waals surface area contributed by atoms with Gasteiger partial charge in [-0.1, -0.05) is 39.3 Å². The van der Waals surface area contributed by atoms with Gasteiger partial charge in [-0.3, -0.25) is 4.79 Å². The minimum Gasteiger partial charge on any atom is -0.504 e. The van der Waals surface area contributed by atoms with E-state index in [4.69, 9.17) is 4.74 Å². The second-order valence-electron chi connectivity index (χ2n) is 5.73. The zero-order valence-electron chi connectivity index (χ0n) is 15.4. The Balaban J connectivity index is 0.000000730. The zero-order chi connectivity index (χ0) is 17.7. The SMILES string of the molecule is CCC.CCCOc1c(O)cc(C)c2sc3ccccc3c(=O)c12.N. The van der Waals surface area contributed by atoms with Gasteiger partial charge in [-0.05, 0) is 37.1 Å². The van der Waals surface area contributed by atoms with E-state index in [1.54, 1.807) is 17.4 Å². The molecule has 0 bridgehead atoms. The van der Waals surface area contributed by atoms with Crippen LogP contribution < -0.4 is 16.3 Å². The Bertz CT molecular complexity index is 903. The highest BCUT2D eigenvalue weighted by Gasteiger charge is 2.16. The predicted molar refractivity (Wildman–Crippen MR) is 109 cm³/mol. The third-order valence-electron chi connectivity index (χ3n) is 3.42. The number of phenolic OH excluding ortho intramolecular Hbond substituents is 1. The first kappa shape index (κ1) is 20.9. The van der Waals surface area contributed by atoms with Crippen molar-refractivity contribution in [2.75, 3.05) is 6.61 Å². The van der Waals surface area contributed by atoms with Crippen LogP contribution in [0.25, 0.3) is 20.2 Å². The van der Waals surface area contributed by atoms with E-state index in [1.165, 1.54) is 6.42 Å². The molecule has 3 rings (SSSR count). The highest BCUT2D eigenvalue weighted by atomic mass is 32.1. The number of rotatable bonds is 3. The molecule has 0 fully saturated rings. The third kappa shape index (κ3) is 4.30. The lowest BCUT2D eigenvalue weighted by atomic mass is 10.1. The molecule has 0 spiro atoms. The van der Waals surface area contributed by atoms with E-state index < -0.39 is 0 Å². The molecule has 0 unspecified atom stereocenters. The van der Waals surface area contributed by atoms with Crippen LogP contribution in [0.5, 0.6) is 11.5 Å². The van der Waals surface area contributed by atoms with Crippen LogP contribution in [0.3, 0.4) is 0 Å². The van der Waals surface area contributed by atoms with Crippen LogP contribution in [-0.4, -0.2) is 11.7 Å². The number of ether oxygens (including phenoxy) is 1. The van der Waals surface area contributed by atoms with Gasteiger partial charge in [0.1, 0.15) is 0 Å². The third-order valence-corrected chi connectivity index (χ3v) is 4.73. The summed E-state index contributed by atoms with van der Waals surface area (Å²) >= 11 is 1.56. The van der Waals surface area contributed by atoms with Crippen molar-refractivity contribution in [3.8, 4) is 11.5 Å². The maximum absolute atomic E-state index is 12.8. The predicted octanol–water partition coefficient (Wildman–Crippen LogP) is 5.80. The summed E-state index contributed by atoms with van der Waals surface area (Å²) in [7, 11) is 0. The molecule has 4 nitrogen and oxygen atoms in total. The maximum Gasteiger partial charge on any atom is 0.199 e. The van der Waals surface area contributed by atoms with Gasteiger partial charge >= 0.3 is 0 Å². The molecular formula is C20H27NO3S. The van der Waals surface area contributed by atoms with Gasteiger partial charge in [0.2, 0.25) is 0 Å². The second kappa shape index (κ2) is 9.39. The number of fused-ring (bicyclic) bond motifs is 2. The van der Waals surface area contributed by atoms with Crippen molar-refractivity contribution >= 4 is 31.5 Å². The normalized spacial score (nSPS) is 10.1. The summed E-state index contributed by atoms with van der Waals surface area (Å²) in [5.74, 6) is 0.345. The quantitative estimate of drug-likeness (QED) is 0.578. The zero-order valence-corrected chi connectivity index (χ0v) is 16.2. The first-order chi connectivity index (χ1) is 11.5. The maximum atomic E-state index is 12.8. The van der Waals surface area contributed by atoms with Crippen molar-refractivity contribution in [2.45, 2.75) is 40.5 Å². The second-order valence-corrected chi connectivity index (χ2v) is 6.78. The van der Waals surface area contributed by atoms with Gasteiger partial charge < -0.3 is 16.0 Å². The van der Waals surface area contributed by atoms with Crippen molar-refractivity contribution in [3.05, 3.63) is 46.1 Å². The van der Waals surface area contributed by atoms with Crippen molar-refractivity contribution in [1.29, 1.82) is 0 Å². The van der Waals surface area contributed by atoms with Crippen LogP contribution in [0.2, 0.25) is 0 Å². The van der Waals surface area contributed by atoms with Crippen molar-refractivity contribution in [2.24, 2.45) is 0 Å². The number of aromatic hydroxyl groups is 1. The summed E-state index contributed by atoms with van der Waals surface area (Å²) in [6.07, 6.45) is 2.07. The molecule has 0 amide bonds. The van der Waals surface area contributed by atoms with Gasteiger partial charge in [0.05, 0.1) is 12.0 Å². The molecule has 0 radical (unpaired) electrons. The molecule has 0 saturated carbocycles. The summed E-state index contributed by atoms with van der Waals surface area (Å²) in [5.41, 5.74) is 0.809. The Labute approximate surface area is 152 Å². The highest BCUT2D eigenvalue weighted by Crippen LogP contribution is 2.39. The molecule has 2 aromatic carbocycles. The van der Waals surface area contributed by atoms with Gasteiger partial charge in [0, 0.05) is 14.8 Å². The Morgan fingerprint density at radius 3 is 2.44 bits per heavy atom. The first-order valence-corrected chi connectivity index (χ1v) is 9.17. The fourth-order valence-corrected chi connectivity index (χ4v) is 3.58. The van der Waals surface area contributed by atoms with Gasteiger partial charge in [0.25, 0.3) is 0 Å². The topological polar surface area (TPSA) is 81.5 Å². The molecule has 136 valence electrons. The molecule has 25 heavy (non-hydrogen) atoms. The van der Waals surface area contributed by atoms with Crippen LogP contribution >= 0.6 is 11.3 Å². The van der Waals surface area contributed by atoms with Crippen LogP contribution in [0.1, 0.15) is 39.2 Å². The lowest BCUT2D eigenvalue weighted by Gasteiger charge is -2.12. The molecule has 1 aromatic heterocycles. The summed E-state index contributed by atoms with van der Waals surface area (Å²) in [6, 6.07) is 9.20. The molecule has 0 aliphatic carbocycles. The van der Waals surface area contributed by atoms with Gasteiger partial charge in [-0.2, -0.15) is 0 Å². The largest absolute Gasteiger partial charge is 0.504 e. The van der Waals surface area contributed by atoms with E-state index >= 15 is 0 Å². The van der Waals surface area contributed by atoms with Gasteiger partial charge in [-0.25, -0.2) is 0 Å². The summed E-state index contributed by atoms with van der Waals surface area (Å²) in [6.45, 7) is 8.61. The Morgan fingerprint density at radius 2 is 1.80 bits per heavy atom. The summed E-state index contributed by atoms with van der Waals surface area (Å²) < 4.78 is 7.47. The molecule has 0 saturated heterocycles. The standard InChI is InChI=1S/C17H16O3S.C3H8.H3N/c1-3-8-20-16-12(18)9-10(2)17-14(16)15(19)11-6-4-5-7-13(11)21-17;1-3-2;/h4-7,9,18H,3,8H2,1-2H3;3H2,1-2H3;1H3. The monoisotopic (exact) mass is 361 g/mol. The number of aryl methyl sites for hydroxylation is 1. The van der Waals surface area contributed by atoms with E-state index in [1.807, 2.05) is 38.1 Å². The van der Waals surface area contributed by atoms with Gasteiger partial charge in [0.15, 0.2) is 16.9 Å². The van der Waals surface area contributed by atoms with Crippen LogP contribution in [0.15, 0.2) is 35.1 Å². The number of hydrogen-bond donors (Lipinski definition) is 2. The highest BCUT2D eigenvalue weighted by molar-refractivity contribution is 7.24. The average molecular weight is 362 g/mol. The minimum atomic E-state index is -0.0792. The lowest BCUT2D eigenvalue weighted by molar-refractivity contribution is 0.303. The first-order valence-electron chi connectivity index (χ1n) is 8.35. The number of phenols is 1. The molecule has 3 aromatic rings. The van der Waals surface area contributed by atoms with E-state index in [0.29, 0.717) is 23.1 Å². The number of benzene rings is 2. The molecule has 0 atom stereocenters. The van der Waals surface area contributed by atoms with Crippen LogP contribution in [0.4, 0.5) is 0 Å². The summed E-state index contributed by atoms with van der Waals surface area (Å²) in [4.78, 5) is 12.8. The minimum absolute atomic E-state index is 0. The summed E-state index contributed by atoms with van der Waals surface area (Å²) in [5, 5.41) is 11.3. The van der Waals surface area contributed by atoms with Crippen molar-refractivity contribution in [1.82, 2.24) is 6.15 Å². The Morgan fingerprint density at radius 1 is 1.16 bits per heavy atom. The number of hydrogen-bond acceptors (Lipinski definition) is 5. The van der Waals surface area contributed by atoms with E-state index in [0.717, 1.165) is 21.4 Å². The molecule has 1 heterocycles. The Hall–Kier alpha value is -2.11. The smallest absolute Gasteiger partial charge is 0.199 e. The van der Waals surface area contributed by atoms with E-state index in [9.17, 15) is 9.90 Å². The van der Waals surface area contributed by atoms with Crippen molar-refractivity contribution in [3.63, 3.8) is 0 Å². The van der Waals surface area contributed by atoms with E-state index in [2.05, 4.69) is 13.8 Å². The molecule has 0 aliphatic heterocycles. The fraction of sp³-hybridized carbons (Fsp3) is 0.350. The van der Waals surface area contributed by atoms with E-state index in [-0.39, 0.29) is 17.3 Å². The van der Waals surface area contributed by atoms with Crippen LogP contribution in [-0.2, 0) is 0 Å². The average Bonchev–Trinajstić information content (AvgIpc) is 2.56. The van der Waals surface area contributed by atoms with Crippen molar-refractivity contribution < 1.29 is 9.84 Å². The molecule has 4 N–H and O–H groups in total. The molecular weight excluding hydrogens is 334 g/mol. The lowest BCUT2D eigenvalue weighted by Crippen LogP contribution is -2.06.